The van der Waals surface area contributed by atoms with E-state index in [0.29, 0.717) is 30.8 Å². The van der Waals surface area contributed by atoms with Gasteiger partial charge in [-0.1, -0.05) is 17.3 Å². The third-order valence-electron chi connectivity index (χ3n) is 3.09. The smallest absolute Gasteiger partial charge is 0.246 e. The zero-order valence-electron chi connectivity index (χ0n) is 13.3. The maximum Gasteiger partial charge on any atom is 0.246 e. The van der Waals surface area contributed by atoms with Gasteiger partial charge in [-0.25, -0.2) is 0 Å². The van der Waals surface area contributed by atoms with Gasteiger partial charge in [0.1, 0.15) is 0 Å². The summed E-state index contributed by atoms with van der Waals surface area (Å²) in [5, 5.41) is 10.2. The highest BCUT2D eigenvalue weighted by molar-refractivity contribution is 7.98. The molecule has 7 heteroatoms. The Labute approximate surface area is 134 Å². The molecule has 1 heterocycles. The van der Waals surface area contributed by atoms with E-state index in [4.69, 9.17) is 4.52 Å². The van der Waals surface area contributed by atoms with Crippen LogP contribution in [0.25, 0.3) is 0 Å². The van der Waals surface area contributed by atoms with Crippen molar-refractivity contribution in [1.29, 1.82) is 0 Å². The number of guanidine groups is 1. The molecule has 0 saturated carbocycles. The summed E-state index contributed by atoms with van der Waals surface area (Å²) in [6, 6.07) is 6.45. The summed E-state index contributed by atoms with van der Waals surface area (Å²) in [6.07, 6.45) is 2.09. The van der Waals surface area contributed by atoms with Gasteiger partial charge in [-0.05, 0) is 37.3 Å². The second-order valence-electron chi connectivity index (χ2n) is 4.83. The lowest BCUT2D eigenvalue weighted by Crippen LogP contribution is -2.36. The molecule has 0 bridgehead atoms. The predicted molar refractivity (Wildman–Crippen MR) is 89.0 cm³/mol. The van der Waals surface area contributed by atoms with E-state index < -0.39 is 0 Å². The number of hydrogen-bond donors (Lipinski definition) is 2. The minimum absolute atomic E-state index is 0.448. The molecule has 118 valence electrons. The number of thioether (sulfide) groups is 1. The summed E-state index contributed by atoms with van der Waals surface area (Å²) >= 11 is 1.75. The van der Waals surface area contributed by atoms with Crippen molar-refractivity contribution >= 4 is 17.7 Å². The van der Waals surface area contributed by atoms with Crippen LogP contribution in [0, 0.1) is 13.8 Å². The Hall–Kier alpha value is -2.02. The Kier molecular flexibility index (Phi) is 5.83. The van der Waals surface area contributed by atoms with Crippen molar-refractivity contribution < 1.29 is 4.52 Å². The lowest BCUT2D eigenvalue weighted by molar-refractivity contribution is 0.371. The third-order valence-corrected chi connectivity index (χ3v) is 3.91. The Morgan fingerprint density at radius 2 is 2.05 bits per heavy atom. The molecular weight excluding hydrogens is 298 g/mol. The van der Waals surface area contributed by atoms with E-state index in [2.05, 4.69) is 57.1 Å². The first-order chi connectivity index (χ1) is 10.6. The fourth-order valence-electron chi connectivity index (χ4n) is 1.97. The molecule has 0 aliphatic heterocycles. The van der Waals surface area contributed by atoms with Crippen LogP contribution in [0.5, 0.6) is 0 Å². The quantitative estimate of drug-likeness (QED) is 0.500. The molecule has 22 heavy (non-hydrogen) atoms. The van der Waals surface area contributed by atoms with Gasteiger partial charge in [0.2, 0.25) is 5.89 Å². The number of aromatic nitrogens is 2. The van der Waals surface area contributed by atoms with E-state index in [1.165, 1.54) is 16.0 Å². The van der Waals surface area contributed by atoms with Crippen molar-refractivity contribution in [2.24, 2.45) is 4.99 Å². The van der Waals surface area contributed by atoms with Crippen LogP contribution in [0.1, 0.15) is 22.8 Å². The normalized spacial score (nSPS) is 11.5. The summed E-state index contributed by atoms with van der Waals surface area (Å²) in [5.41, 5.74) is 2.51. The van der Waals surface area contributed by atoms with E-state index in [9.17, 15) is 0 Å². The molecule has 2 aromatic rings. The minimum Gasteiger partial charge on any atom is -0.352 e. The van der Waals surface area contributed by atoms with Crippen LogP contribution in [0.3, 0.4) is 0 Å². The number of nitrogens with zero attached hydrogens (tertiary/aromatic N) is 3. The molecule has 0 aliphatic rings. The lowest BCUT2D eigenvalue weighted by atomic mass is 10.1. The number of rotatable bonds is 5. The van der Waals surface area contributed by atoms with Crippen molar-refractivity contribution in [1.82, 2.24) is 20.8 Å². The maximum atomic E-state index is 5.06. The highest BCUT2D eigenvalue weighted by atomic mass is 32.2. The van der Waals surface area contributed by atoms with E-state index in [-0.39, 0.29) is 0 Å². The highest BCUT2D eigenvalue weighted by Gasteiger charge is 2.06. The number of aliphatic imine (C=N–C) groups is 1. The van der Waals surface area contributed by atoms with Crippen molar-refractivity contribution in [3.8, 4) is 0 Å². The molecule has 1 aromatic heterocycles. The van der Waals surface area contributed by atoms with Gasteiger partial charge in [-0.15, -0.1) is 11.8 Å². The average molecular weight is 319 g/mol. The minimum atomic E-state index is 0.448. The zero-order valence-corrected chi connectivity index (χ0v) is 14.1. The van der Waals surface area contributed by atoms with E-state index in [1.54, 1.807) is 25.7 Å². The van der Waals surface area contributed by atoms with E-state index in [1.807, 2.05) is 0 Å². The van der Waals surface area contributed by atoms with Crippen LogP contribution in [0.2, 0.25) is 0 Å². The molecule has 0 radical (unpaired) electrons. The van der Waals surface area contributed by atoms with Gasteiger partial charge in [0, 0.05) is 18.5 Å². The zero-order chi connectivity index (χ0) is 15.9. The van der Waals surface area contributed by atoms with Gasteiger partial charge in [-0.3, -0.25) is 4.99 Å². The topological polar surface area (TPSA) is 75.3 Å². The summed E-state index contributed by atoms with van der Waals surface area (Å²) in [6.45, 7) is 5.05. The highest BCUT2D eigenvalue weighted by Crippen LogP contribution is 2.21. The molecule has 0 saturated heterocycles. The molecular formula is C15H21N5OS. The average Bonchev–Trinajstić information content (AvgIpc) is 2.94. The summed E-state index contributed by atoms with van der Waals surface area (Å²) in [4.78, 5) is 9.62. The third kappa shape index (κ3) is 4.49. The Bertz CT molecular complexity index is 653. The van der Waals surface area contributed by atoms with Gasteiger partial charge in [0.05, 0.1) is 6.54 Å². The second-order valence-corrected chi connectivity index (χ2v) is 5.68. The monoisotopic (exact) mass is 319 g/mol. The molecule has 1 aromatic carbocycles. The molecule has 6 nitrogen and oxygen atoms in total. The van der Waals surface area contributed by atoms with Crippen LogP contribution in [0.4, 0.5) is 0 Å². The second kappa shape index (κ2) is 7.84. The first-order valence-electron chi connectivity index (χ1n) is 6.99. The molecule has 0 atom stereocenters. The van der Waals surface area contributed by atoms with Crippen LogP contribution in [0.15, 0.2) is 32.6 Å². The summed E-state index contributed by atoms with van der Waals surface area (Å²) < 4.78 is 5.06. The van der Waals surface area contributed by atoms with Crippen molar-refractivity contribution in [2.45, 2.75) is 31.8 Å². The molecule has 0 fully saturated rings. The fraction of sp³-hybridized carbons (Fsp3) is 0.400. The molecule has 2 N–H and O–H groups in total. The van der Waals surface area contributed by atoms with Gasteiger partial charge in [-0.2, -0.15) is 4.98 Å². The number of hydrogen-bond acceptors (Lipinski definition) is 5. The first kappa shape index (κ1) is 16.4. The molecule has 0 aliphatic carbocycles. The summed E-state index contributed by atoms with van der Waals surface area (Å²) in [5.74, 6) is 1.87. The standard InChI is InChI=1S/C15H21N5OS/c1-10-5-6-12(13(7-10)22-4)8-17-15(16-3)18-9-14-19-11(2)20-21-14/h5-7H,8-9H2,1-4H3,(H2,16,17,18). The molecule has 0 amide bonds. The Balaban J connectivity index is 1.91. The van der Waals surface area contributed by atoms with Gasteiger partial charge >= 0.3 is 0 Å². The first-order valence-corrected chi connectivity index (χ1v) is 8.22. The van der Waals surface area contributed by atoms with E-state index >= 15 is 0 Å². The Morgan fingerprint density at radius 3 is 2.68 bits per heavy atom. The van der Waals surface area contributed by atoms with Gasteiger partial charge in [0.25, 0.3) is 0 Å². The Morgan fingerprint density at radius 1 is 1.27 bits per heavy atom. The summed E-state index contributed by atoms with van der Waals surface area (Å²) in [7, 11) is 1.74. The lowest BCUT2D eigenvalue weighted by Gasteiger charge is -2.13. The van der Waals surface area contributed by atoms with Gasteiger partial charge < -0.3 is 15.2 Å². The van der Waals surface area contributed by atoms with Crippen molar-refractivity contribution in [3.63, 3.8) is 0 Å². The van der Waals surface area contributed by atoms with Gasteiger partial charge in [0.15, 0.2) is 11.8 Å². The van der Waals surface area contributed by atoms with Crippen LogP contribution in [-0.2, 0) is 13.1 Å². The number of benzene rings is 1. The molecule has 2 rings (SSSR count). The fourth-order valence-corrected chi connectivity index (χ4v) is 2.67. The van der Waals surface area contributed by atoms with E-state index in [0.717, 1.165) is 0 Å². The number of nitrogens with one attached hydrogen (secondary N) is 2. The predicted octanol–water partition coefficient (Wildman–Crippen LogP) is 2.27. The van der Waals surface area contributed by atoms with Crippen molar-refractivity contribution in [3.05, 3.63) is 41.0 Å². The number of aryl methyl sites for hydroxylation is 2. The maximum absolute atomic E-state index is 5.06. The molecule has 0 unspecified atom stereocenters. The van der Waals surface area contributed by atoms with Crippen LogP contribution in [-0.4, -0.2) is 29.4 Å². The SMILES string of the molecule is CN=C(NCc1nc(C)no1)NCc1ccc(C)cc1SC. The van der Waals surface area contributed by atoms with Crippen LogP contribution < -0.4 is 10.6 Å². The van der Waals surface area contributed by atoms with Crippen molar-refractivity contribution in [2.75, 3.05) is 13.3 Å². The molecule has 0 spiro atoms. The largest absolute Gasteiger partial charge is 0.352 e. The van der Waals surface area contributed by atoms with Crippen LogP contribution >= 0.6 is 11.8 Å².